The Morgan fingerprint density at radius 1 is 1.29 bits per heavy atom. The summed E-state index contributed by atoms with van der Waals surface area (Å²) < 4.78 is 45.0. The van der Waals surface area contributed by atoms with E-state index in [1.165, 1.54) is 4.90 Å². The highest BCUT2D eigenvalue weighted by Gasteiger charge is 2.35. The maximum Gasteiger partial charge on any atom is 0.522 e. The monoisotopic (exact) mass is 314 g/mol. The van der Waals surface area contributed by atoms with Gasteiger partial charge in [0.2, 0.25) is 0 Å². The SMILES string of the molecule is CC.CC(C)(C)OC(=O)N1CCNCC1COC(F)(F)F. The van der Waals surface area contributed by atoms with Gasteiger partial charge in [-0.05, 0) is 20.8 Å². The molecule has 1 aliphatic rings. The van der Waals surface area contributed by atoms with E-state index in [1.54, 1.807) is 20.8 Å². The quantitative estimate of drug-likeness (QED) is 0.851. The first-order valence-corrected chi connectivity index (χ1v) is 6.99. The van der Waals surface area contributed by atoms with Gasteiger partial charge >= 0.3 is 12.5 Å². The van der Waals surface area contributed by atoms with Gasteiger partial charge in [-0.2, -0.15) is 0 Å². The zero-order chi connectivity index (χ0) is 16.7. The molecule has 1 atom stereocenters. The number of ether oxygens (including phenoxy) is 2. The number of carbonyl (C=O) groups excluding carboxylic acids is 1. The fourth-order valence-corrected chi connectivity index (χ4v) is 1.66. The molecular weight excluding hydrogens is 289 g/mol. The van der Waals surface area contributed by atoms with Crippen LogP contribution in [0, 0.1) is 0 Å². The van der Waals surface area contributed by atoms with Crippen molar-refractivity contribution in [2.45, 2.75) is 52.6 Å². The maximum absolute atomic E-state index is 12.0. The van der Waals surface area contributed by atoms with Gasteiger partial charge < -0.3 is 15.0 Å². The number of rotatable bonds is 2. The zero-order valence-electron chi connectivity index (χ0n) is 13.2. The first-order chi connectivity index (χ1) is 9.58. The zero-order valence-corrected chi connectivity index (χ0v) is 13.2. The highest BCUT2D eigenvalue weighted by molar-refractivity contribution is 5.68. The molecule has 126 valence electrons. The number of nitrogens with zero attached hydrogens (tertiary/aromatic N) is 1. The van der Waals surface area contributed by atoms with Crippen molar-refractivity contribution >= 4 is 6.09 Å². The minimum Gasteiger partial charge on any atom is -0.444 e. The summed E-state index contributed by atoms with van der Waals surface area (Å²) in [5, 5.41) is 2.92. The Balaban J connectivity index is 0.00000191. The van der Waals surface area contributed by atoms with Crippen molar-refractivity contribution in [2.24, 2.45) is 0 Å². The van der Waals surface area contributed by atoms with Crippen molar-refractivity contribution in [2.75, 3.05) is 26.2 Å². The van der Waals surface area contributed by atoms with Crippen LogP contribution in [-0.2, 0) is 9.47 Å². The maximum atomic E-state index is 12.0. The molecule has 0 saturated carbocycles. The molecule has 8 heteroatoms. The molecule has 1 rings (SSSR count). The molecule has 21 heavy (non-hydrogen) atoms. The molecule has 0 spiro atoms. The third kappa shape index (κ3) is 8.77. The number of nitrogens with one attached hydrogen (secondary N) is 1. The normalized spacial score (nSPS) is 19.6. The molecule has 0 aliphatic carbocycles. The summed E-state index contributed by atoms with van der Waals surface area (Å²) in [7, 11) is 0. The Morgan fingerprint density at radius 2 is 1.86 bits per heavy atom. The molecule has 0 aromatic rings. The summed E-state index contributed by atoms with van der Waals surface area (Å²) in [4.78, 5) is 13.2. The molecule has 1 unspecified atom stereocenters. The predicted molar refractivity (Wildman–Crippen MR) is 73.0 cm³/mol. The Bertz CT molecular complexity index is 317. The van der Waals surface area contributed by atoms with E-state index in [0.29, 0.717) is 13.1 Å². The van der Waals surface area contributed by atoms with E-state index in [2.05, 4.69) is 10.1 Å². The average Bonchev–Trinajstić information content (AvgIpc) is 2.36. The lowest BCUT2D eigenvalue weighted by molar-refractivity contribution is -0.328. The van der Waals surface area contributed by atoms with Gasteiger partial charge in [-0.1, -0.05) is 13.8 Å². The van der Waals surface area contributed by atoms with Gasteiger partial charge in [0.15, 0.2) is 0 Å². The Hall–Kier alpha value is -1.02. The van der Waals surface area contributed by atoms with Gasteiger partial charge in [-0.15, -0.1) is 13.2 Å². The predicted octanol–water partition coefficient (Wildman–Crippen LogP) is 2.76. The highest BCUT2D eigenvalue weighted by atomic mass is 19.4. The number of amides is 1. The number of carbonyl (C=O) groups is 1. The Morgan fingerprint density at radius 3 is 2.33 bits per heavy atom. The highest BCUT2D eigenvalue weighted by Crippen LogP contribution is 2.19. The Labute approximate surface area is 123 Å². The van der Waals surface area contributed by atoms with E-state index in [4.69, 9.17) is 4.74 Å². The van der Waals surface area contributed by atoms with Crippen LogP contribution in [0.25, 0.3) is 0 Å². The van der Waals surface area contributed by atoms with Gasteiger partial charge in [-0.3, -0.25) is 4.74 Å². The smallest absolute Gasteiger partial charge is 0.444 e. The molecule has 0 aromatic carbocycles. The minimum absolute atomic E-state index is 0.245. The third-order valence-corrected chi connectivity index (χ3v) is 2.42. The van der Waals surface area contributed by atoms with Crippen molar-refractivity contribution in [3.63, 3.8) is 0 Å². The van der Waals surface area contributed by atoms with Crippen LogP contribution in [-0.4, -0.2) is 55.2 Å². The molecule has 1 N–H and O–H groups in total. The summed E-state index contributed by atoms with van der Waals surface area (Å²) in [5.74, 6) is 0. The summed E-state index contributed by atoms with van der Waals surface area (Å²) in [5.41, 5.74) is -0.683. The number of alkyl halides is 3. The molecule has 5 nitrogen and oxygen atoms in total. The summed E-state index contributed by atoms with van der Waals surface area (Å²) in [6, 6.07) is -0.690. The second kappa shape index (κ2) is 8.43. The fraction of sp³-hybridized carbons (Fsp3) is 0.923. The Kier molecular flexibility index (Phi) is 8.02. The largest absolute Gasteiger partial charge is 0.522 e. The first kappa shape index (κ1) is 20.0. The summed E-state index contributed by atoms with van der Waals surface area (Å²) in [6.45, 7) is 9.56. The molecule has 1 aliphatic heterocycles. The van der Waals surface area contributed by atoms with Crippen molar-refractivity contribution in [1.29, 1.82) is 0 Å². The van der Waals surface area contributed by atoms with Crippen LogP contribution in [0.1, 0.15) is 34.6 Å². The lowest BCUT2D eigenvalue weighted by Crippen LogP contribution is -2.56. The fourth-order valence-electron chi connectivity index (χ4n) is 1.66. The van der Waals surface area contributed by atoms with Crippen molar-refractivity contribution in [3.05, 3.63) is 0 Å². The van der Waals surface area contributed by atoms with E-state index >= 15 is 0 Å². The van der Waals surface area contributed by atoms with E-state index in [9.17, 15) is 18.0 Å². The molecular formula is C13H25F3N2O3. The average molecular weight is 314 g/mol. The number of halogens is 3. The molecule has 1 heterocycles. The standard InChI is InChI=1S/C11H19F3N2O3.C2H6/c1-10(2,3)19-9(17)16-5-4-15-6-8(16)7-18-11(12,13)14;1-2/h8,15H,4-7H2,1-3H3;1-2H3. The molecule has 1 fully saturated rings. The van der Waals surface area contributed by atoms with E-state index in [0.717, 1.165) is 0 Å². The van der Waals surface area contributed by atoms with E-state index in [1.807, 2.05) is 13.8 Å². The van der Waals surface area contributed by atoms with Crippen molar-refractivity contribution in [3.8, 4) is 0 Å². The van der Waals surface area contributed by atoms with Gasteiger partial charge in [0.25, 0.3) is 0 Å². The topological polar surface area (TPSA) is 50.8 Å². The van der Waals surface area contributed by atoms with Crippen LogP contribution in [0.4, 0.5) is 18.0 Å². The van der Waals surface area contributed by atoms with Gasteiger partial charge in [0.1, 0.15) is 5.60 Å². The molecule has 1 amide bonds. The summed E-state index contributed by atoms with van der Waals surface area (Å²) in [6.07, 6.45) is -5.32. The third-order valence-electron chi connectivity index (χ3n) is 2.42. The van der Waals surface area contributed by atoms with E-state index < -0.39 is 30.7 Å². The lowest BCUT2D eigenvalue weighted by atomic mass is 10.2. The second-order valence-electron chi connectivity index (χ2n) is 5.29. The molecule has 0 radical (unpaired) electrons. The van der Waals surface area contributed by atoms with Crippen LogP contribution < -0.4 is 5.32 Å². The lowest BCUT2D eigenvalue weighted by Gasteiger charge is -2.36. The van der Waals surface area contributed by atoms with Crippen LogP contribution in [0.3, 0.4) is 0 Å². The minimum atomic E-state index is -4.70. The van der Waals surface area contributed by atoms with Crippen LogP contribution in [0.2, 0.25) is 0 Å². The number of piperazine rings is 1. The number of hydrogen-bond donors (Lipinski definition) is 1. The summed E-state index contributed by atoms with van der Waals surface area (Å²) >= 11 is 0. The van der Waals surface area contributed by atoms with Gasteiger partial charge in [0, 0.05) is 19.6 Å². The molecule has 0 bridgehead atoms. The van der Waals surface area contributed by atoms with Crippen LogP contribution in [0.15, 0.2) is 0 Å². The second-order valence-corrected chi connectivity index (χ2v) is 5.29. The number of hydrogen-bond acceptors (Lipinski definition) is 4. The molecule has 0 aromatic heterocycles. The molecule has 1 saturated heterocycles. The van der Waals surface area contributed by atoms with Crippen LogP contribution >= 0.6 is 0 Å². The van der Waals surface area contributed by atoms with Crippen LogP contribution in [0.5, 0.6) is 0 Å². The van der Waals surface area contributed by atoms with Gasteiger partial charge in [0.05, 0.1) is 12.6 Å². The van der Waals surface area contributed by atoms with Crippen molar-refractivity contribution < 1.29 is 27.4 Å². The van der Waals surface area contributed by atoms with Gasteiger partial charge in [-0.25, -0.2) is 4.79 Å². The first-order valence-electron chi connectivity index (χ1n) is 6.99. The van der Waals surface area contributed by atoms with E-state index in [-0.39, 0.29) is 6.54 Å². The van der Waals surface area contributed by atoms with Crippen molar-refractivity contribution in [1.82, 2.24) is 10.2 Å².